The van der Waals surface area contributed by atoms with Gasteiger partial charge in [0.05, 0.1) is 6.26 Å². The number of aliphatic carboxylic acids is 1. The number of carboxylic acids is 1. The van der Waals surface area contributed by atoms with Crippen molar-refractivity contribution in [2.24, 2.45) is 0 Å². The molecule has 1 aromatic rings. The van der Waals surface area contributed by atoms with Crippen LogP contribution in [0.4, 0.5) is 11.6 Å². The third-order valence-electron chi connectivity index (χ3n) is 3.14. The molecule has 0 fully saturated rings. The quantitative estimate of drug-likeness (QED) is 0.796. The molecule has 1 N–H and O–H groups in total. The molecule has 1 unspecified atom stereocenters. The first-order chi connectivity index (χ1) is 8.16. The third kappa shape index (κ3) is 1.97. The highest BCUT2D eigenvalue weighted by molar-refractivity contribution is 5.88. The van der Waals surface area contributed by atoms with Crippen LogP contribution in [0.25, 0.3) is 0 Å². The average Bonchev–Trinajstić information content (AvgIpc) is 2.83. The van der Waals surface area contributed by atoms with Crippen LogP contribution in [0, 0.1) is 0 Å². The van der Waals surface area contributed by atoms with Crippen molar-refractivity contribution in [3.05, 3.63) is 12.3 Å². The van der Waals surface area contributed by atoms with Gasteiger partial charge in [0, 0.05) is 19.7 Å². The third-order valence-corrected chi connectivity index (χ3v) is 3.14. The van der Waals surface area contributed by atoms with Crippen molar-refractivity contribution >= 4 is 17.5 Å². The van der Waals surface area contributed by atoms with Crippen molar-refractivity contribution in [1.29, 1.82) is 0 Å². The van der Waals surface area contributed by atoms with E-state index in [4.69, 9.17) is 4.42 Å². The number of carboxylic acid groups (broad SMARTS) is 1. The van der Waals surface area contributed by atoms with Crippen LogP contribution in [-0.2, 0) is 4.79 Å². The second-order valence-electron chi connectivity index (χ2n) is 4.33. The number of likely N-dealkylation sites (N-methyl/N-ethyl adjacent to an activating group) is 1. The Bertz CT molecular complexity index is 402. The number of furan rings is 1. The maximum atomic E-state index is 11.3. The zero-order valence-electron chi connectivity index (χ0n) is 10.2. The molecule has 5 nitrogen and oxygen atoms in total. The van der Waals surface area contributed by atoms with Crippen LogP contribution < -0.4 is 9.80 Å². The topological polar surface area (TPSA) is 56.9 Å². The summed E-state index contributed by atoms with van der Waals surface area (Å²) in [6.07, 6.45) is 4.20. The molecule has 0 bridgehead atoms. The minimum atomic E-state index is -0.838. The van der Waals surface area contributed by atoms with Crippen LogP contribution in [0.15, 0.2) is 16.7 Å². The lowest BCUT2D eigenvalue weighted by atomic mass is 10.2. The summed E-state index contributed by atoms with van der Waals surface area (Å²) in [5.41, 5.74) is 0.885. The molecule has 0 aliphatic carbocycles. The molecule has 0 amide bonds. The molecule has 0 radical (unpaired) electrons. The van der Waals surface area contributed by atoms with Gasteiger partial charge in [0.15, 0.2) is 0 Å². The van der Waals surface area contributed by atoms with E-state index in [1.807, 2.05) is 11.0 Å². The summed E-state index contributed by atoms with van der Waals surface area (Å²) in [7, 11) is 1.75. The van der Waals surface area contributed by atoms with Gasteiger partial charge in [0.25, 0.3) is 0 Å². The minimum Gasteiger partial charge on any atom is -0.478 e. The van der Waals surface area contributed by atoms with E-state index < -0.39 is 12.1 Å². The SMILES string of the molecule is CCCCCN1c2ccoc2N(C)C1C(=O)O. The van der Waals surface area contributed by atoms with Gasteiger partial charge in [-0.15, -0.1) is 0 Å². The molecular formula is C12H18N2O3. The molecule has 1 aliphatic rings. The van der Waals surface area contributed by atoms with Gasteiger partial charge >= 0.3 is 5.97 Å². The smallest absolute Gasteiger partial charge is 0.347 e. The number of fused-ring (bicyclic) bond motifs is 1. The number of hydrogen-bond acceptors (Lipinski definition) is 4. The summed E-state index contributed by atoms with van der Waals surface area (Å²) in [6, 6.07) is 1.83. The molecule has 5 heteroatoms. The number of hydrogen-bond donors (Lipinski definition) is 1. The Balaban J connectivity index is 2.17. The minimum absolute atomic E-state index is 0.637. The molecule has 2 rings (SSSR count). The summed E-state index contributed by atoms with van der Waals surface area (Å²) >= 11 is 0. The summed E-state index contributed by atoms with van der Waals surface area (Å²) < 4.78 is 5.33. The van der Waals surface area contributed by atoms with E-state index >= 15 is 0 Å². The predicted molar refractivity (Wildman–Crippen MR) is 65.4 cm³/mol. The highest BCUT2D eigenvalue weighted by atomic mass is 16.4. The Kier molecular flexibility index (Phi) is 3.26. The Hall–Kier alpha value is -1.65. The fourth-order valence-electron chi connectivity index (χ4n) is 2.30. The number of unbranched alkanes of at least 4 members (excludes halogenated alkanes) is 2. The normalized spacial score (nSPS) is 18.6. The van der Waals surface area contributed by atoms with Gasteiger partial charge in [0.1, 0.15) is 5.69 Å². The lowest BCUT2D eigenvalue weighted by Crippen LogP contribution is -2.47. The maximum absolute atomic E-state index is 11.3. The standard InChI is InChI=1S/C12H18N2O3/c1-3-4-5-7-14-9-6-8-17-11(9)13(2)10(14)12(15)16/h6,8,10H,3-5,7H2,1-2H3,(H,15,16). The first kappa shape index (κ1) is 11.8. The zero-order valence-corrected chi connectivity index (χ0v) is 10.2. The van der Waals surface area contributed by atoms with Crippen molar-refractivity contribution in [3.8, 4) is 0 Å². The average molecular weight is 238 g/mol. The summed E-state index contributed by atoms with van der Waals surface area (Å²) in [4.78, 5) is 14.9. The van der Waals surface area contributed by atoms with Crippen LogP contribution in [0.3, 0.4) is 0 Å². The summed E-state index contributed by atoms with van der Waals surface area (Å²) in [5.74, 6) is -0.190. The molecule has 1 atom stereocenters. The van der Waals surface area contributed by atoms with E-state index in [9.17, 15) is 9.90 Å². The molecular weight excluding hydrogens is 220 g/mol. The van der Waals surface area contributed by atoms with Gasteiger partial charge in [-0.2, -0.15) is 0 Å². The zero-order chi connectivity index (χ0) is 12.4. The van der Waals surface area contributed by atoms with E-state index in [1.165, 1.54) is 0 Å². The van der Waals surface area contributed by atoms with E-state index in [2.05, 4.69) is 6.92 Å². The number of anilines is 2. The highest BCUT2D eigenvalue weighted by Crippen LogP contribution is 2.39. The summed E-state index contributed by atoms with van der Waals surface area (Å²) in [6.45, 7) is 2.88. The first-order valence-electron chi connectivity index (χ1n) is 5.96. The van der Waals surface area contributed by atoms with Crippen molar-refractivity contribution in [2.45, 2.75) is 32.4 Å². The molecule has 0 spiro atoms. The van der Waals surface area contributed by atoms with Crippen LogP contribution in [0.1, 0.15) is 26.2 Å². The lowest BCUT2D eigenvalue weighted by Gasteiger charge is -2.26. The van der Waals surface area contributed by atoms with Crippen LogP contribution in [-0.4, -0.2) is 30.8 Å². The molecule has 2 heterocycles. The molecule has 17 heavy (non-hydrogen) atoms. The van der Waals surface area contributed by atoms with Crippen LogP contribution in [0.5, 0.6) is 0 Å². The van der Waals surface area contributed by atoms with Crippen LogP contribution in [0.2, 0.25) is 0 Å². The predicted octanol–water partition coefficient (Wildman–Crippen LogP) is 2.14. The van der Waals surface area contributed by atoms with Gasteiger partial charge in [-0.1, -0.05) is 19.8 Å². The molecule has 0 aromatic carbocycles. The Morgan fingerprint density at radius 2 is 2.29 bits per heavy atom. The van der Waals surface area contributed by atoms with E-state index in [1.54, 1.807) is 18.2 Å². The second kappa shape index (κ2) is 4.69. The Labute approximate surface area is 101 Å². The number of rotatable bonds is 5. The van der Waals surface area contributed by atoms with E-state index in [-0.39, 0.29) is 0 Å². The Morgan fingerprint density at radius 3 is 2.94 bits per heavy atom. The Morgan fingerprint density at radius 1 is 1.53 bits per heavy atom. The highest BCUT2D eigenvalue weighted by Gasteiger charge is 2.40. The fourth-order valence-corrected chi connectivity index (χ4v) is 2.30. The van der Waals surface area contributed by atoms with Crippen molar-refractivity contribution < 1.29 is 14.3 Å². The van der Waals surface area contributed by atoms with Crippen molar-refractivity contribution in [3.63, 3.8) is 0 Å². The summed E-state index contributed by atoms with van der Waals surface area (Å²) in [5, 5.41) is 9.28. The molecule has 0 saturated heterocycles. The van der Waals surface area contributed by atoms with Gasteiger partial charge in [-0.3, -0.25) is 0 Å². The first-order valence-corrected chi connectivity index (χ1v) is 5.96. The lowest BCUT2D eigenvalue weighted by molar-refractivity contribution is -0.138. The number of nitrogens with zero attached hydrogens (tertiary/aromatic N) is 2. The van der Waals surface area contributed by atoms with Gasteiger partial charge in [0.2, 0.25) is 12.0 Å². The molecule has 1 aromatic heterocycles. The maximum Gasteiger partial charge on any atom is 0.347 e. The van der Waals surface area contributed by atoms with Gasteiger partial charge < -0.3 is 19.3 Å². The number of carbonyl (C=O) groups is 1. The van der Waals surface area contributed by atoms with Gasteiger partial charge in [-0.25, -0.2) is 4.79 Å². The van der Waals surface area contributed by atoms with Crippen molar-refractivity contribution in [1.82, 2.24) is 0 Å². The fraction of sp³-hybridized carbons (Fsp3) is 0.583. The largest absolute Gasteiger partial charge is 0.478 e. The molecule has 1 aliphatic heterocycles. The second-order valence-corrected chi connectivity index (χ2v) is 4.33. The van der Waals surface area contributed by atoms with Crippen molar-refractivity contribution in [2.75, 3.05) is 23.4 Å². The molecule has 94 valence electrons. The van der Waals surface area contributed by atoms with Gasteiger partial charge in [-0.05, 0) is 6.42 Å². The van der Waals surface area contributed by atoms with Crippen LogP contribution >= 0.6 is 0 Å². The van der Waals surface area contributed by atoms with E-state index in [0.717, 1.165) is 31.5 Å². The monoisotopic (exact) mass is 238 g/mol. The van der Waals surface area contributed by atoms with E-state index in [0.29, 0.717) is 5.88 Å². The molecule has 0 saturated carbocycles.